The number of carbonyl (C=O) groups is 1. The molecule has 1 unspecified atom stereocenters. The Morgan fingerprint density at radius 2 is 2.15 bits per heavy atom. The van der Waals surface area contributed by atoms with E-state index in [1.54, 1.807) is 23.1 Å². The van der Waals surface area contributed by atoms with Crippen molar-refractivity contribution in [2.75, 3.05) is 13.2 Å². The third-order valence-corrected chi connectivity index (χ3v) is 3.58. The number of benzene rings is 1. The fraction of sp³-hybridized carbons (Fsp3) is 0.375. The Labute approximate surface area is 118 Å². The minimum Gasteiger partial charge on any atom is -0.394 e. The zero-order chi connectivity index (χ0) is 14.4. The molecule has 4 heteroatoms. The molecule has 104 valence electrons. The number of nitriles is 1. The van der Waals surface area contributed by atoms with E-state index in [1.165, 1.54) is 6.08 Å². The summed E-state index contributed by atoms with van der Waals surface area (Å²) in [6, 6.07) is 9.07. The van der Waals surface area contributed by atoms with Crippen molar-refractivity contribution in [1.82, 2.24) is 4.90 Å². The Bertz CT molecular complexity index is 528. The molecule has 1 saturated heterocycles. The lowest BCUT2D eigenvalue weighted by Crippen LogP contribution is -2.44. The second kappa shape index (κ2) is 6.88. The normalized spacial score (nSPS) is 19.0. The summed E-state index contributed by atoms with van der Waals surface area (Å²) in [7, 11) is 0. The molecule has 0 aliphatic carbocycles. The van der Waals surface area contributed by atoms with Gasteiger partial charge in [-0.2, -0.15) is 5.26 Å². The SMILES string of the molecule is N#Cc1ccc(/C=C/C(=O)N2CCCCC2CO)cc1. The van der Waals surface area contributed by atoms with Crippen LogP contribution in [0, 0.1) is 11.3 Å². The fourth-order valence-electron chi connectivity index (χ4n) is 2.41. The largest absolute Gasteiger partial charge is 0.394 e. The van der Waals surface area contributed by atoms with Crippen LogP contribution in [0.2, 0.25) is 0 Å². The third kappa shape index (κ3) is 3.46. The van der Waals surface area contributed by atoms with E-state index in [2.05, 4.69) is 6.07 Å². The topological polar surface area (TPSA) is 64.3 Å². The highest BCUT2D eigenvalue weighted by atomic mass is 16.3. The van der Waals surface area contributed by atoms with Crippen LogP contribution in [0.4, 0.5) is 0 Å². The van der Waals surface area contributed by atoms with Gasteiger partial charge in [-0.15, -0.1) is 0 Å². The zero-order valence-corrected chi connectivity index (χ0v) is 11.3. The van der Waals surface area contributed by atoms with E-state index < -0.39 is 0 Å². The molecular formula is C16H18N2O2. The summed E-state index contributed by atoms with van der Waals surface area (Å²) in [5.41, 5.74) is 1.49. The van der Waals surface area contributed by atoms with E-state index in [0.29, 0.717) is 12.1 Å². The lowest BCUT2D eigenvalue weighted by molar-refractivity contribution is -0.130. The minimum atomic E-state index is -0.0619. The quantitative estimate of drug-likeness (QED) is 0.854. The lowest BCUT2D eigenvalue weighted by Gasteiger charge is -2.33. The highest BCUT2D eigenvalue weighted by molar-refractivity contribution is 5.92. The van der Waals surface area contributed by atoms with Gasteiger partial charge in [-0.25, -0.2) is 0 Å². The maximum absolute atomic E-state index is 12.1. The molecule has 1 N–H and O–H groups in total. The molecular weight excluding hydrogens is 252 g/mol. The Balaban J connectivity index is 2.02. The molecule has 1 atom stereocenters. The highest BCUT2D eigenvalue weighted by Gasteiger charge is 2.24. The maximum atomic E-state index is 12.1. The number of carbonyl (C=O) groups excluding carboxylic acids is 1. The molecule has 1 aliphatic heterocycles. The van der Waals surface area contributed by atoms with E-state index in [0.717, 1.165) is 24.8 Å². The molecule has 0 spiro atoms. The third-order valence-electron chi connectivity index (χ3n) is 3.58. The van der Waals surface area contributed by atoms with Crippen molar-refractivity contribution in [2.24, 2.45) is 0 Å². The molecule has 0 bridgehead atoms. The maximum Gasteiger partial charge on any atom is 0.246 e. The molecule has 1 aromatic carbocycles. The summed E-state index contributed by atoms with van der Waals surface area (Å²) in [4.78, 5) is 13.9. The molecule has 0 saturated carbocycles. The zero-order valence-electron chi connectivity index (χ0n) is 11.3. The van der Waals surface area contributed by atoms with Crippen molar-refractivity contribution in [3.05, 3.63) is 41.5 Å². The van der Waals surface area contributed by atoms with Gasteiger partial charge in [-0.05, 0) is 43.0 Å². The number of amides is 1. The second-order valence-corrected chi connectivity index (χ2v) is 4.93. The number of rotatable bonds is 3. The second-order valence-electron chi connectivity index (χ2n) is 4.93. The van der Waals surface area contributed by atoms with Gasteiger partial charge in [0.1, 0.15) is 0 Å². The van der Waals surface area contributed by atoms with Gasteiger partial charge >= 0.3 is 0 Å². The number of likely N-dealkylation sites (tertiary alicyclic amines) is 1. The van der Waals surface area contributed by atoms with Crippen molar-refractivity contribution >= 4 is 12.0 Å². The van der Waals surface area contributed by atoms with E-state index in [-0.39, 0.29) is 18.6 Å². The molecule has 4 nitrogen and oxygen atoms in total. The number of hydrogen-bond donors (Lipinski definition) is 1. The number of aliphatic hydroxyl groups is 1. The van der Waals surface area contributed by atoms with Crippen LogP contribution in [0.5, 0.6) is 0 Å². The van der Waals surface area contributed by atoms with Crippen molar-refractivity contribution < 1.29 is 9.90 Å². The van der Waals surface area contributed by atoms with Gasteiger partial charge in [0.2, 0.25) is 5.91 Å². The van der Waals surface area contributed by atoms with Crippen LogP contribution in [-0.4, -0.2) is 35.1 Å². The first kappa shape index (κ1) is 14.3. The minimum absolute atomic E-state index is 0.0243. The van der Waals surface area contributed by atoms with Gasteiger partial charge in [-0.3, -0.25) is 4.79 Å². The fourth-order valence-corrected chi connectivity index (χ4v) is 2.41. The summed E-state index contributed by atoms with van der Waals surface area (Å²) < 4.78 is 0. The predicted molar refractivity (Wildman–Crippen MR) is 76.6 cm³/mol. The number of nitrogens with zero attached hydrogens (tertiary/aromatic N) is 2. The molecule has 1 fully saturated rings. The van der Waals surface area contributed by atoms with Crippen LogP contribution in [0.3, 0.4) is 0 Å². The van der Waals surface area contributed by atoms with Gasteiger partial charge in [0, 0.05) is 12.6 Å². The Morgan fingerprint density at radius 1 is 1.40 bits per heavy atom. The Hall–Kier alpha value is -2.12. The van der Waals surface area contributed by atoms with Crippen molar-refractivity contribution in [2.45, 2.75) is 25.3 Å². The van der Waals surface area contributed by atoms with Crippen LogP contribution < -0.4 is 0 Å². The molecule has 2 rings (SSSR count). The molecule has 0 aromatic heterocycles. The summed E-state index contributed by atoms with van der Waals surface area (Å²) in [6.45, 7) is 0.734. The summed E-state index contributed by atoms with van der Waals surface area (Å²) in [5.74, 6) is -0.0619. The van der Waals surface area contributed by atoms with Gasteiger partial charge in [0.15, 0.2) is 0 Å². The van der Waals surface area contributed by atoms with Crippen LogP contribution >= 0.6 is 0 Å². The number of piperidine rings is 1. The average molecular weight is 270 g/mol. The van der Waals surface area contributed by atoms with Crippen molar-refractivity contribution in [3.8, 4) is 6.07 Å². The molecule has 0 radical (unpaired) electrons. The molecule has 20 heavy (non-hydrogen) atoms. The Kier molecular flexibility index (Phi) is 4.91. The molecule has 1 aliphatic rings. The first-order valence-corrected chi connectivity index (χ1v) is 6.84. The van der Waals surface area contributed by atoms with E-state index in [1.807, 2.05) is 12.1 Å². The number of hydrogen-bond acceptors (Lipinski definition) is 3. The van der Waals surface area contributed by atoms with Crippen molar-refractivity contribution in [3.63, 3.8) is 0 Å². The molecule has 1 amide bonds. The van der Waals surface area contributed by atoms with Gasteiger partial charge < -0.3 is 10.0 Å². The molecule has 1 aromatic rings. The smallest absolute Gasteiger partial charge is 0.246 e. The lowest BCUT2D eigenvalue weighted by atomic mass is 10.0. The summed E-state index contributed by atoms with van der Waals surface area (Å²) in [5, 5.41) is 18.0. The van der Waals surface area contributed by atoms with E-state index >= 15 is 0 Å². The van der Waals surface area contributed by atoms with E-state index in [4.69, 9.17) is 5.26 Å². The Morgan fingerprint density at radius 3 is 2.80 bits per heavy atom. The monoisotopic (exact) mass is 270 g/mol. The van der Waals surface area contributed by atoms with Gasteiger partial charge in [0.25, 0.3) is 0 Å². The highest BCUT2D eigenvalue weighted by Crippen LogP contribution is 2.17. The first-order valence-electron chi connectivity index (χ1n) is 6.84. The average Bonchev–Trinajstić information content (AvgIpc) is 2.53. The van der Waals surface area contributed by atoms with Crippen LogP contribution in [-0.2, 0) is 4.79 Å². The summed E-state index contributed by atoms with van der Waals surface area (Å²) >= 11 is 0. The van der Waals surface area contributed by atoms with Crippen LogP contribution in [0.25, 0.3) is 6.08 Å². The number of aliphatic hydroxyl groups excluding tert-OH is 1. The molecule has 1 heterocycles. The predicted octanol–water partition coefficient (Wildman–Crippen LogP) is 1.94. The first-order chi connectivity index (χ1) is 9.74. The van der Waals surface area contributed by atoms with Crippen LogP contribution in [0.15, 0.2) is 30.3 Å². The van der Waals surface area contributed by atoms with Crippen LogP contribution in [0.1, 0.15) is 30.4 Å². The van der Waals surface area contributed by atoms with Gasteiger partial charge in [-0.1, -0.05) is 12.1 Å². The van der Waals surface area contributed by atoms with Gasteiger partial charge in [0.05, 0.1) is 24.3 Å². The standard InChI is InChI=1S/C16H18N2O2/c17-11-14-6-4-13(5-7-14)8-9-16(20)18-10-2-1-3-15(18)12-19/h4-9,15,19H,1-3,10,12H2/b9-8+. The van der Waals surface area contributed by atoms with E-state index in [9.17, 15) is 9.90 Å². The summed E-state index contributed by atoms with van der Waals surface area (Å²) in [6.07, 6.45) is 6.20. The van der Waals surface area contributed by atoms with Crippen molar-refractivity contribution in [1.29, 1.82) is 5.26 Å².